The molecule has 2 aromatic carbocycles. The Morgan fingerprint density at radius 2 is 1.30 bits per heavy atom. The van der Waals surface area contributed by atoms with Crippen molar-refractivity contribution in [3.63, 3.8) is 0 Å². The maximum atomic E-state index is 12.8. The summed E-state index contributed by atoms with van der Waals surface area (Å²) in [6, 6.07) is 9.27. The van der Waals surface area contributed by atoms with E-state index >= 15 is 0 Å². The van der Waals surface area contributed by atoms with Gasteiger partial charge in [-0.3, -0.25) is 4.79 Å². The first-order valence-electron chi connectivity index (χ1n) is 12.4. The number of nitrogens with zero attached hydrogens (tertiary/aromatic N) is 1. The summed E-state index contributed by atoms with van der Waals surface area (Å²) in [7, 11) is 0. The average molecular weight is 567 g/mol. The minimum Gasteiger partial charge on any atom is -0.477 e. The highest BCUT2D eigenvalue weighted by molar-refractivity contribution is 5.98. The van der Waals surface area contributed by atoms with E-state index in [9.17, 15) is 35.9 Å². The first-order chi connectivity index (χ1) is 18.8. The summed E-state index contributed by atoms with van der Waals surface area (Å²) < 4.78 is 75.4. The number of carboxylic acids is 1. The molecule has 5 heterocycles. The van der Waals surface area contributed by atoms with E-state index in [2.05, 4.69) is 20.2 Å². The van der Waals surface area contributed by atoms with Gasteiger partial charge in [-0.15, -0.1) is 0 Å². The van der Waals surface area contributed by atoms with Gasteiger partial charge in [-0.25, -0.2) is 4.79 Å². The molecule has 3 aliphatic heterocycles. The zero-order valence-electron chi connectivity index (χ0n) is 20.8. The molecule has 1 amide bonds. The Kier molecular flexibility index (Phi) is 7.02. The first-order valence-corrected chi connectivity index (χ1v) is 12.4. The van der Waals surface area contributed by atoms with Crippen LogP contribution < -0.4 is 5.32 Å². The smallest absolute Gasteiger partial charge is 0.416 e. The van der Waals surface area contributed by atoms with Gasteiger partial charge in [-0.05, 0) is 80.4 Å². The number of carboxylic acid groups (broad SMARTS) is 1. The lowest BCUT2D eigenvalue weighted by molar-refractivity contribution is -0.138. The van der Waals surface area contributed by atoms with Crippen molar-refractivity contribution in [1.29, 1.82) is 0 Å². The van der Waals surface area contributed by atoms with Crippen LogP contribution >= 0.6 is 0 Å². The number of H-pyrrole nitrogens is 2. The number of aromatic amines is 2. The first kappa shape index (κ1) is 27.6. The van der Waals surface area contributed by atoms with Crippen molar-refractivity contribution < 1.29 is 41.0 Å². The number of hydrogen-bond acceptors (Lipinski definition) is 3. The summed E-state index contributed by atoms with van der Waals surface area (Å²) in [5, 5.41) is 12.3. The van der Waals surface area contributed by atoms with Crippen LogP contribution in [0, 0.1) is 5.92 Å². The van der Waals surface area contributed by atoms with Crippen molar-refractivity contribution in [2.45, 2.75) is 31.2 Å². The third kappa shape index (κ3) is 5.79. The molecule has 0 aliphatic carbocycles. The van der Waals surface area contributed by atoms with E-state index in [0.29, 0.717) is 28.0 Å². The van der Waals surface area contributed by atoms with Gasteiger partial charge in [-0.1, -0.05) is 0 Å². The highest BCUT2D eigenvalue weighted by Crippen LogP contribution is 2.33. The van der Waals surface area contributed by atoms with Crippen molar-refractivity contribution in [2.75, 3.05) is 19.6 Å². The fourth-order valence-electron chi connectivity index (χ4n) is 5.23. The number of hydrogen-bond donors (Lipinski definition) is 4. The number of halogens is 6. The van der Waals surface area contributed by atoms with Crippen LogP contribution in [-0.4, -0.2) is 57.5 Å². The third-order valence-electron chi connectivity index (χ3n) is 7.34. The predicted octanol–water partition coefficient (Wildman–Crippen LogP) is 5.90. The van der Waals surface area contributed by atoms with Gasteiger partial charge in [0.15, 0.2) is 0 Å². The van der Waals surface area contributed by atoms with Crippen molar-refractivity contribution in [1.82, 2.24) is 20.2 Å². The van der Waals surface area contributed by atoms with Crippen LogP contribution in [0.15, 0.2) is 48.5 Å². The molecule has 1 atom stereocenters. The molecule has 0 saturated carbocycles. The summed E-state index contributed by atoms with van der Waals surface area (Å²) in [4.78, 5) is 30.8. The second-order valence-electron chi connectivity index (χ2n) is 9.99. The summed E-state index contributed by atoms with van der Waals surface area (Å²) in [6.45, 7) is 3.03. The molecule has 1 unspecified atom stereocenters. The molecular formula is C27H24F6N4O3. The Labute approximate surface area is 223 Å². The van der Waals surface area contributed by atoms with Crippen LogP contribution in [0.1, 0.15) is 44.9 Å². The summed E-state index contributed by atoms with van der Waals surface area (Å²) in [5.74, 6) is -0.955. The maximum absolute atomic E-state index is 12.8. The maximum Gasteiger partial charge on any atom is 0.416 e. The van der Waals surface area contributed by atoms with Crippen LogP contribution in [-0.2, 0) is 12.4 Å². The molecule has 0 spiro atoms. The lowest BCUT2D eigenvalue weighted by Gasteiger charge is -2.44. The Morgan fingerprint density at radius 3 is 1.75 bits per heavy atom. The number of rotatable bonds is 3. The zero-order chi connectivity index (χ0) is 28.8. The zero-order valence-corrected chi connectivity index (χ0v) is 20.8. The number of aromatic carboxylic acids is 1. The van der Waals surface area contributed by atoms with Crippen LogP contribution in [0.4, 0.5) is 26.3 Å². The molecule has 212 valence electrons. The second-order valence-corrected chi connectivity index (χ2v) is 9.99. The molecule has 2 aromatic heterocycles. The van der Waals surface area contributed by atoms with E-state index in [1.54, 1.807) is 0 Å². The number of carbonyl (C=O) groups excluding carboxylic acids is 1. The molecule has 13 heteroatoms. The number of piperidine rings is 3. The number of benzene rings is 2. The Bertz CT molecular complexity index is 1560. The van der Waals surface area contributed by atoms with Gasteiger partial charge in [0, 0.05) is 34.4 Å². The highest BCUT2D eigenvalue weighted by atomic mass is 19.4. The normalized spacial score (nSPS) is 20.8. The van der Waals surface area contributed by atoms with Crippen molar-refractivity contribution in [2.24, 2.45) is 5.92 Å². The summed E-state index contributed by atoms with van der Waals surface area (Å²) in [6.07, 6.45) is -6.63. The fraction of sp³-hybridized carbons (Fsp3) is 0.333. The van der Waals surface area contributed by atoms with E-state index < -0.39 is 29.4 Å². The topological polar surface area (TPSA) is 101 Å². The number of alkyl halides is 6. The molecule has 7 rings (SSSR count). The van der Waals surface area contributed by atoms with Crippen LogP contribution in [0.2, 0.25) is 0 Å². The average Bonchev–Trinajstić information content (AvgIpc) is 3.52. The Balaban J connectivity index is 0.000000176. The lowest BCUT2D eigenvalue weighted by Crippen LogP contribution is -2.57. The summed E-state index contributed by atoms with van der Waals surface area (Å²) >= 11 is 0. The number of nitrogens with one attached hydrogen (secondary N) is 3. The van der Waals surface area contributed by atoms with Crippen molar-refractivity contribution >= 4 is 33.7 Å². The Morgan fingerprint density at radius 1 is 0.800 bits per heavy atom. The number of carbonyl (C=O) groups is 2. The number of aromatic nitrogens is 2. The molecule has 7 nitrogen and oxygen atoms in total. The molecule has 4 N–H and O–H groups in total. The molecule has 40 heavy (non-hydrogen) atoms. The number of amides is 1. The minimum absolute atomic E-state index is 0.122. The number of fused-ring (bicyclic) bond motifs is 5. The minimum atomic E-state index is -4.42. The van der Waals surface area contributed by atoms with E-state index in [1.807, 2.05) is 0 Å². The van der Waals surface area contributed by atoms with Crippen LogP contribution in [0.3, 0.4) is 0 Å². The lowest BCUT2D eigenvalue weighted by atomic mass is 9.84. The van der Waals surface area contributed by atoms with E-state index in [4.69, 9.17) is 5.11 Å². The predicted molar refractivity (Wildman–Crippen MR) is 134 cm³/mol. The second kappa shape index (κ2) is 10.2. The molecule has 0 radical (unpaired) electrons. The van der Waals surface area contributed by atoms with E-state index in [1.165, 1.54) is 24.3 Å². The monoisotopic (exact) mass is 566 g/mol. The van der Waals surface area contributed by atoms with Crippen LogP contribution in [0.25, 0.3) is 21.8 Å². The molecular weight excluding hydrogens is 542 g/mol. The van der Waals surface area contributed by atoms with Gasteiger partial charge < -0.3 is 25.3 Å². The quantitative estimate of drug-likeness (QED) is 0.232. The largest absolute Gasteiger partial charge is 0.477 e. The molecule has 3 saturated heterocycles. The molecule has 2 bridgehead atoms. The molecule has 4 aromatic rings. The SMILES string of the molecule is O=C(NC1CN2CCC1CC2)c1cc2cc(C(F)(F)F)ccc2[nH]1.O=C(O)c1cc2cc(C(F)(F)F)ccc2[nH]1. The van der Waals surface area contributed by atoms with Gasteiger partial charge in [0.1, 0.15) is 11.4 Å². The Hall–Kier alpha value is -4.00. The van der Waals surface area contributed by atoms with Gasteiger partial charge >= 0.3 is 18.3 Å². The fourth-order valence-corrected chi connectivity index (χ4v) is 5.23. The van der Waals surface area contributed by atoms with E-state index in [0.717, 1.165) is 56.7 Å². The standard InChI is InChI=1S/C17H18F3N3O.C10H6F3NO2/c18-17(19,20)12-1-2-13-11(7-12)8-14(21-13)16(24)22-15-9-23-5-3-10(15)4-6-23;11-10(12,13)6-1-2-7-5(3-6)4-8(14-7)9(15)16/h1-2,7-8,10,15,21H,3-6,9H2,(H,22,24);1-4,14H,(H,15,16). The third-order valence-corrected chi connectivity index (χ3v) is 7.34. The highest BCUT2D eigenvalue weighted by Gasteiger charge is 2.35. The van der Waals surface area contributed by atoms with Gasteiger partial charge in [-0.2, -0.15) is 26.3 Å². The molecule has 3 aliphatic rings. The van der Waals surface area contributed by atoms with Gasteiger partial charge in [0.2, 0.25) is 0 Å². The van der Waals surface area contributed by atoms with Crippen LogP contribution in [0.5, 0.6) is 0 Å². The van der Waals surface area contributed by atoms with E-state index in [-0.39, 0.29) is 23.0 Å². The van der Waals surface area contributed by atoms with Crippen molar-refractivity contribution in [3.8, 4) is 0 Å². The van der Waals surface area contributed by atoms with Gasteiger partial charge in [0.05, 0.1) is 11.1 Å². The van der Waals surface area contributed by atoms with Gasteiger partial charge in [0.25, 0.3) is 5.91 Å². The summed E-state index contributed by atoms with van der Waals surface area (Å²) in [5.41, 5.74) is -0.433. The molecule has 3 fully saturated rings. The van der Waals surface area contributed by atoms with Crippen molar-refractivity contribution in [3.05, 3.63) is 71.0 Å².